The van der Waals surface area contributed by atoms with Crippen molar-refractivity contribution in [2.45, 2.75) is 38.8 Å². The van der Waals surface area contributed by atoms with Crippen LogP contribution in [0.3, 0.4) is 0 Å². The van der Waals surface area contributed by atoms with Gasteiger partial charge in [0.2, 0.25) is 0 Å². The van der Waals surface area contributed by atoms with E-state index in [1.165, 1.54) is 24.3 Å². The summed E-state index contributed by atoms with van der Waals surface area (Å²) < 4.78 is 24.1. The van der Waals surface area contributed by atoms with Crippen molar-refractivity contribution < 1.29 is 23.5 Å². The van der Waals surface area contributed by atoms with Gasteiger partial charge in [-0.2, -0.15) is 0 Å². The molecule has 1 saturated heterocycles. The Labute approximate surface area is 176 Å². The van der Waals surface area contributed by atoms with Crippen LogP contribution in [0.5, 0.6) is 11.5 Å². The average molecular weight is 414 g/mol. The molecule has 3 rings (SSSR count). The maximum atomic E-state index is 13.0. The molecule has 0 aromatic heterocycles. The molecule has 7 heteroatoms. The van der Waals surface area contributed by atoms with Crippen LogP contribution in [-0.2, 0) is 0 Å². The number of nitrogens with one attached hydrogen (secondary N) is 1. The third-order valence-electron chi connectivity index (χ3n) is 5.00. The Morgan fingerprint density at radius 3 is 2.27 bits per heavy atom. The van der Waals surface area contributed by atoms with Crippen molar-refractivity contribution in [1.29, 1.82) is 0 Å². The van der Waals surface area contributed by atoms with Crippen molar-refractivity contribution in [2.75, 3.05) is 20.2 Å². The summed E-state index contributed by atoms with van der Waals surface area (Å²) in [5.41, 5.74) is 0.961. The predicted octanol–water partition coefficient (Wildman–Crippen LogP) is 3.66. The van der Waals surface area contributed by atoms with Gasteiger partial charge in [0.05, 0.1) is 13.2 Å². The number of halogens is 1. The van der Waals surface area contributed by atoms with E-state index in [1.807, 2.05) is 13.8 Å². The quantitative estimate of drug-likeness (QED) is 0.783. The number of amides is 2. The minimum absolute atomic E-state index is 0.00426. The second-order valence-corrected chi connectivity index (χ2v) is 7.58. The first kappa shape index (κ1) is 21.6. The lowest BCUT2D eigenvalue weighted by atomic mass is 10.0. The second kappa shape index (κ2) is 9.61. The lowest BCUT2D eigenvalue weighted by Crippen LogP contribution is -2.46. The highest BCUT2D eigenvalue weighted by atomic mass is 19.1. The van der Waals surface area contributed by atoms with Crippen LogP contribution in [0.1, 0.15) is 47.4 Å². The first-order chi connectivity index (χ1) is 14.4. The monoisotopic (exact) mass is 414 g/mol. The maximum absolute atomic E-state index is 13.0. The third kappa shape index (κ3) is 5.28. The molecule has 0 unspecified atom stereocenters. The summed E-state index contributed by atoms with van der Waals surface area (Å²) >= 11 is 0. The summed E-state index contributed by atoms with van der Waals surface area (Å²) in [5.74, 6) is 0.444. The smallest absolute Gasteiger partial charge is 0.253 e. The molecule has 2 amide bonds. The van der Waals surface area contributed by atoms with Crippen LogP contribution in [0.15, 0.2) is 42.5 Å². The maximum Gasteiger partial charge on any atom is 0.253 e. The van der Waals surface area contributed by atoms with Gasteiger partial charge in [0.25, 0.3) is 11.8 Å². The van der Waals surface area contributed by atoms with Gasteiger partial charge in [-0.25, -0.2) is 4.39 Å². The second-order valence-electron chi connectivity index (χ2n) is 7.58. The fourth-order valence-corrected chi connectivity index (χ4v) is 3.43. The highest BCUT2D eigenvalue weighted by Gasteiger charge is 2.25. The van der Waals surface area contributed by atoms with Gasteiger partial charge in [0.1, 0.15) is 5.82 Å². The normalized spacial score (nSPS) is 14.5. The van der Waals surface area contributed by atoms with Gasteiger partial charge >= 0.3 is 0 Å². The number of carbonyl (C=O) groups excluding carboxylic acids is 2. The number of likely N-dealkylation sites (tertiary alicyclic amines) is 1. The molecule has 2 aromatic rings. The van der Waals surface area contributed by atoms with Crippen molar-refractivity contribution in [2.24, 2.45) is 0 Å². The SMILES string of the molecule is COc1cc(C(=O)N2CCC(NC(=O)c3ccc(F)cc3)CC2)ccc1OC(C)C. The Balaban J connectivity index is 1.57. The molecule has 1 aliphatic rings. The molecule has 0 aliphatic carbocycles. The molecule has 0 saturated carbocycles. The molecule has 0 atom stereocenters. The van der Waals surface area contributed by atoms with E-state index in [4.69, 9.17) is 9.47 Å². The van der Waals surface area contributed by atoms with Crippen molar-refractivity contribution in [1.82, 2.24) is 10.2 Å². The van der Waals surface area contributed by atoms with Gasteiger partial charge in [0, 0.05) is 30.3 Å². The molecular weight excluding hydrogens is 387 g/mol. The molecule has 0 radical (unpaired) electrons. The fourth-order valence-electron chi connectivity index (χ4n) is 3.43. The number of carbonyl (C=O) groups is 2. The molecule has 0 spiro atoms. The van der Waals surface area contributed by atoms with Crippen LogP contribution in [0.2, 0.25) is 0 Å². The Morgan fingerprint density at radius 1 is 1.03 bits per heavy atom. The first-order valence-corrected chi connectivity index (χ1v) is 10.1. The average Bonchev–Trinajstić information content (AvgIpc) is 2.74. The number of ether oxygens (including phenoxy) is 2. The largest absolute Gasteiger partial charge is 0.493 e. The van der Waals surface area contributed by atoms with E-state index in [2.05, 4.69) is 5.32 Å². The molecular formula is C23H27FN2O4. The third-order valence-corrected chi connectivity index (χ3v) is 5.00. The minimum Gasteiger partial charge on any atom is -0.493 e. The number of piperidine rings is 1. The van der Waals surface area contributed by atoms with Crippen LogP contribution in [0.25, 0.3) is 0 Å². The predicted molar refractivity (Wildman–Crippen MR) is 112 cm³/mol. The zero-order valence-electron chi connectivity index (χ0n) is 17.5. The lowest BCUT2D eigenvalue weighted by Gasteiger charge is -2.32. The van der Waals surface area contributed by atoms with Gasteiger partial charge in [-0.15, -0.1) is 0 Å². The number of hydrogen-bond donors (Lipinski definition) is 1. The summed E-state index contributed by atoms with van der Waals surface area (Å²) in [6.07, 6.45) is 1.32. The van der Waals surface area contributed by atoms with Gasteiger partial charge in [-0.05, 0) is 69.2 Å². The van der Waals surface area contributed by atoms with E-state index in [0.29, 0.717) is 48.6 Å². The van der Waals surface area contributed by atoms with Gasteiger partial charge in [-0.1, -0.05) is 0 Å². The molecule has 1 heterocycles. The molecule has 1 aliphatic heterocycles. The summed E-state index contributed by atoms with van der Waals surface area (Å²) in [4.78, 5) is 27.0. The van der Waals surface area contributed by atoms with Crippen LogP contribution in [0.4, 0.5) is 4.39 Å². The molecule has 0 bridgehead atoms. The molecule has 1 N–H and O–H groups in total. The molecule has 160 valence electrons. The van der Waals surface area contributed by atoms with Crippen molar-refractivity contribution >= 4 is 11.8 Å². The molecule has 1 fully saturated rings. The van der Waals surface area contributed by atoms with E-state index in [0.717, 1.165) is 0 Å². The van der Waals surface area contributed by atoms with E-state index < -0.39 is 0 Å². The van der Waals surface area contributed by atoms with Crippen molar-refractivity contribution in [3.05, 3.63) is 59.4 Å². The summed E-state index contributed by atoms with van der Waals surface area (Å²) in [6.45, 7) is 4.94. The van der Waals surface area contributed by atoms with E-state index in [-0.39, 0.29) is 29.8 Å². The standard InChI is InChI=1S/C23H27FN2O4/c1-15(2)30-20-9-6-17(14-21(20)29-3)23(28)26-12-10-19(11-13-26)25-22(27)16-4-7-18(24)8-5-16/h4-9,14-15,19H,10-13H2,1-3H3,(H,25,27). The van der Waals surface area contributed by atoms with E-state index >= 15 is 0 Å². The Morgan fingerprint density at radius 2 is 1.67 bits per heavy atom. The zero-order valence-corrected chi connectivity index (χ0v) is 17.5. The zero-order chi connectivity index (χ0) is 21.7. The van der Waals surface area contributed by atoms with Gasteiger partial charge < -0.3 is 19.7 Å². The van der Waals surface area contributed by atoms with E-state index in [1.54, 1.807) is 30.2 Å². The topological polar surface area (TPSA) is 67.9 Å². The number of hydrogen-bond acceptors (Lipinski definition) is 4. The van der Waals surface area contributed by atoms with Gasteiger partial charge in [-0.3, -0.25) is 9.59 Å². The molecule has 30 heavy (non-hydrogen) atoms. The number of benzene rings is 2. The van der Waals surface area contributed by atoms with Crippen LogP contribution in [0, 0.1) is 5.82 Å². The van der Waals surface area contributed by atoms with Crippen LogP contribution < -0.4 is 14.8 Å². The molecule has 2 aromatic carbocycles. The summed E-state index contributed by atoms with van der Waals surface area (Å²) in [6, 6.07) is 10.6. The number of methoxy groups -OCH3 is 1. The van der Waals surface area contributed by atoms with Crippen LogP contribution in [-0.4, -0.2) is 49.1 Å². The van der Waals surface area contributed by atoms with Gasteiger partial charge in [0.15, 0.2) is 11.5 Å². The Bertz CT molecular complexity index is 891. The van der Waals surface area contributed by atoms with Crippen LogP contribution >= 0.6 is 0 Å². The summed E-state index contributed by atoms with van der Waals surface area (Å²) in [5, 5.41) is 2.96. The lowest BCUT2D eigenvalue weighted by molar-refractivity contribution is 0.0697. The highest BCUT2D eigenvalue weighted by molar-refractivity contribution is 5.95. The molecule has 6 nitrogen and oxygen atoms in total. The van der Waals surface area contributed by atoms with Crippen molar-refractivity contribution in [3.8, 4) is 11.5 Å². The first-order valence-electron chi connectivity index (χ1n) is 10.1. The Kier molecular flexibility index (Phi) is 6.92. The highest BCUT2D eigenvalue weighted by Crippen LogP contribution is 2.29. The number of rotatable bonds is 6. The van der Waals surface area contributed by atoms with E-state index in [9.17, 15) is 14.0 Å². The number of nitrogens with zero attached hydrogens (tertiary/aromatic N) is 1. The summed E-state index contributed by atoms with van der Waals surface area (Å²) in [7, 11) is 1.55. The fraction of sp³-hybridized carbons (Fsp3) is 0.391. The minimum atomic E-state index is -0.376. The Hall–Kier alpha value is -3.09. The van der Waals surface area contributed by atoms with Crippen molar-refractivity contribution in [3.63, 3.8) is 0 Å².